The average molecular weight is 277 g/mol. The van der Waals surface area contributed by atoms with Crippen LogP contribution in [0.25, 0.3) is 0 Å². The molecule has 0 bridgehead atoms. The van der Waals surface area contributed by atoms with Gasteiger partial charge in [0.2, 0.25) is 15.9 Å². The van der Waals surface area contributed by atoms with E-state index in [4.69, 9.17) is 0 Å². The Labute approximate surface area is 109 Å². The first-order valence-corrected chi connectivity index (χ1v) is 8.06. The van der Waals surface area contributed by atoms with Crippen LogP contribution in [0.4, 0.5) is 0 Å². The van der Waals surface area contributed by atoms with Crippen LogP contribution in [0.5, 0.6) is 0 Å². The lowest BCUT2D eigenvalue weighted by Crippen LogP contribution is -2.49. The van der Waals surface area contributed by atoms with Gasteiger partial charge in [-0.15, -0.1) is 0 Å². The minimum absolute atomic E-state index is 0.172. The molecule has 1 aliphatic heterocycles. The molecule has 1 fully saturated rings. The van der Waals surface area contributed by atoms with Gasteiger partial charge in [-0.05, 0) is 39.4 Å². The Bertz CT molecular complexity index is 364. The summed E-state index contributed by atoms with van der Waals surface area (Å²) in [6.07, 6.45) is 2.63. The molecule has 0 unspecified atom stereocenters. The normalized spacial score (nSPS) is 17.7. The third-order valence-electron chi connectivity index (χ3n) is 3.16. The number of carbonyl (C=O) groups is 1. The lowest BCUT2D eigenvalue weighted by Gasteiger charge is -2.34. The minimum Gasteiger partial charge on any atom is -0.339 e. The topological polar surface area (TPSA) is 78.5 Å². The van der Waals surface area contributed by atoms with Crippen molar-refractivity contribution < 1.29 is 13.2 Å². The molecule has 6 nitrogen and oxygen atoms in total. The Balaban J connectivity index is 2.68. The fourth-order valence-electron chi connectivity index (χ4n) is 2.19. The highest BCUT2D eigenvalue weighted by Crippen LogP contribution is 2.13. The summed E-state index contributed by atoms with van der Waals surface area (Å²) >= 11 is 0. The zero-order valence-corrected chi connectivity index (χ0v) is 11.9. The Morgan fingerprint density at radius 1 is 1.39 bits per heavy atom. The molecule has 1 rings (SSSR count). The van der Waals surface area contributed by atoms with Crippen molar-refractivity contribution >= 4 is 15.9 Å². The number of nitrogens with one attached hydrogen (secondary N) is 2. The quantitative estimate of drug-likeness (QED) is 0.688. The summed E-state index contributed by atoms with van der Waals surface area (Å²) in [5.41, 5.74) is 0. The molecule has 0 aromatic carbocycles. The van der Waals surface area contributed by atoms with Gasteiger partial charge in [-0.3, -0.25) is 4.79 Å². The van der Waals surface area contributed by atoms with E-state index in [1.165, 1.54) is 7.05 Å². The van der Waals surface area contributed by atoms with E-state index in [1.807, 2.05) is 6.92 Å². The van der Waals surface area contributed by atoms with Crippen LogP contribution in [-0.4, -0.2) is 57.7 Å². The lowest BCUT2D eigenvalue weighted by molar-refractivity contribution is -0.131. The number of sulfonamides is 1. The third kappa shape index (κ3) is 4.55. The second kappa shape index (κ2) is 7.06. The minimum atomic E-state index is -3.48. The van der Waals surface area contributed by atoms with E-state index in [2.05, 4.69) is 10.0 Å². The standard InChI is InChI=1S/C11H23N3O3S/c1-3-8-14(10-4-6-13-7-5-10)11(15)9-18(16,17)12-2/h10,12-13H,3-9H2,1-2H3. The summed E-state index contributed by atoms with van der Waals surface area (Å²) in [4.78, 5) is 13.8. The number of amides is 1. The average Bonchev–Trinajstić information content (AvgIpc) is 2.36. The van der Waals surface area contributed by atoms with E-state index >= 15 is 0 Å². The maximum Gasteiger partial charge on any atom is 0.239 e. The molecular weight excluding hydrogens is 254 g/mol. The molecule has 1 aliphatic rings. The van der Waals surface area contributed by atoms with Crippen molar-refractivity contribution in [1.29, 1.82) is 0 Å². The summed E-state index contributed by atoms with van der Waals surface area (Å²) in [7, 11) is -2.15. The molecule has 0 atom stereocenters. The second-order valence-corrected chi connectivity index (χ2v) is 6.46. The van der Waals surface area contributed by atoms with Crippen LogP contribution >= 0.6 is 0 Å². The van der Waals surface area contributed by atoms with Crippen LogP contribution in [0.1, 0.15) is 26.2 Å². The summed E-state index contributed by atoms with van der Waals surface area (Å²) in [5.74, 6) is -0.744. The molecule has 0 aromatic rings. The van der Waals surface area contributed by atoms with E-state index in [0.717, 1.165) is 32.4 Å². The molecule has 2 N–H and O–H groups in total. The Kier molecular flexibility index (Phi) is 6.04. The highest BCUT2D eigenvalue weighted by molar-refractivity contribution is 7.90. The van der Waals surface area contributed by atoms with Gasteiger partial charge < -0.3 is 10.2 Å². The Morgan fingerprint density at radius 2 is 2.00 bits per heavy atom. The third-order valence-corrected chi connectivity index (χ3v) is 4.41. The molecule has 0 aromatic heterocycles. The van der Waals surface area contributed by atoms with Crippen LogP contribution in [0.2, 0.25) is 0 Å². The van der Waals surface area contributed by atoms with Crippen molar-refractivity contribution in [3.8, 4) is 0 Å². The first-order chi connectivity index (χ1) is 8.50. The maximum atomic E-state index is 12.1. The first kappa shape index (κ1) is 15.4. The van der Waals surface area contributed by atoms with E-state index in [1.54, 1.807) is 4.90 Å². The second-order valence-electron chi connectivity index (χ2n) is 4.53. The van der Waals surface area contributed by atoms with Gasteiger partial charge in [-0.25, -0.2) is 13.1 Å². The van der Waals surface area contributed by atoms with Crippen molar-refractivity contribution in [2.75, 3.05) is 32.4 Å². The van der Waals surface area contributed by atoms with Crippen molar-refractivity contribution in [2.45, 2.75) is 32.2 Å². The highest BCUT2D eigenvalue weighted by atomic mass is 32.2. The van der Waals surface area contributed by atoms with Gasteiger partial charge in [0.25, 0.3) is 0 Å². The van der Waals surface area contributed by atoms with Crippen molar-refractivity contribution in [3.63, 3.8) is 0 Å². The van der Waals surface area contributed by atoms with Gasteiger partial charge in [-0.2, -0.15) is 0 Å². The van der Waals surface area contributed by atoms with Crippen LogP contribution < -0.4 is 10.0 Å². The molecule has 0 aliphatic carbocycles. The van der Waals surface area contributed by atoms with Crippen LogP contribution in [-0.2, 0) is 14.8 Å². The van der Waals surface area contributed by atoms with Gasteiger partial charge in [0.1, 0.15) is 5.75 Å². The summed E-state index contributed by atoms with van der Waals surface area (Å²) in [6.45, 7) is 4.39. The van der Waals surface area contributed by atoms with E-state index < -0.39 is 15.8 Å². The molecule has 1 heterocycles. The number of nitrogens with zero attached hydrogens (tertiary/aromatic N) is 1. The number of hydrogen-bond acceptors (Lipinski definition) is 4. The van der Waals surface area contributed by atoms with Gasteiger partial charge in [0.05, 0.1) is 0 Å². The molecule has 0 radical (unpaired) electrons. The maximum absolute atomic E-state index is 12.1. The largest absolute Gasteiger partial charge is 0.339 e. The fourth-order valence-corrected chi connectivity index (χ4v) is 2.82. The van der Waals surface area contributed by atoms with E-state index in [-0.39, 0.29) is 11.9 Å². The summed E-state index contributed by atoms with van der Waals surface area (Å²) in [6, 6.07) is 0.172. The van der Waals surface area contributed by atoms with Crippen molar-refractivity contribution in [2.24, 2.45) is 0 Å². The molecule has 7 heteroatoms. The molecule has 0 spiro atoms. The predicted molar refractivity (Wildman–Crippen MR) is 70.7 cm³/mol. The Hall–Kier alpha value is -0.660. The SMILES string of the molecule is CCCN(C(=O)CS(=O)(=O)NC)C1CCNCC1. The van der Waals surface area contributed by atoms with Crippen LogP contribution in [0, 0.1) is 0 Å². The van der Waals surface area contributed by atoms with Crippen LogP contribution in [0.15, 0.2) is 0 Å². The monoisotopic (exact) mass is 277 g/mol. The smallest absolute Gasteiger partial charge is 0.239 e. The number of carbonyl (C=O) groups excluding carboxylic acids is 1. The van der Waals surface area contributed by atoms with E-state index in [0.29, 0.717) is 6.54 Å². The highest BCUT2D eigenvalue weighted by Gasteiger charge is 2.27. The number of piperidine rings is 1. The molecule has 1 saturated heterocycles. The van der Waals surface area contributed by atoms with Gasteiger partial charge in [-0.1, -0.05) is 6.92 Å². The van der Waals surface area contributed by atoms with E-state index in [9.17, 15) is 13.2 Å². The van der Waals surface area contributed by atoms with Gasteiger partial charge >= 0.3 is 0 Å². The molecule has 106 valence electrons. The van der Waals surface area contributed by atoms with Crippen molar-refractivity contribution in [1.82, 2.24) is 14.9 Å². The van der Waals surface area contributed by atoms with Gasteiger partial charge in [0, 0.05) is 12.6 Å². The molecule has 1 amide bonds. The zero-order valence-electron chi connectivity index (χ0n) is 11.1. The Morgan fingerprint density at radius 3 is 2.50 bits per heavy atom. The summed E-state index contributed by atoms with van der Waals surface area (Å²) < 4.78 is 25.0. The lowest BCUT2D eigenvalue weighted by atomic mass is 10.0. The predicted octanol–water partition coefficient (Wildman–Crippen LogP) is -0.474. The number of rotatable bonds is 6. The number of hydrogen-bond donors (Lipinski definition) is 2. The molecule has 18 heavy (non-hydrogen) atoms. The van der Waals surface area contributed by atoms with Gasteiger partial charge in [0.15, 0.2) is 0 Å². The molecular formula is C11H23N3O3S. The first-order valence-electron chi connectivity index (χ1n) is 6.41. The molecule has 0 saturated carbocycles. The van der Waals surface area contributed by atoms with Crippen LogP contribution in [0.3, 0.4) is 0 Å². The fraction of sp³-hybridized carbons (Fsp3) is 0.909. The zero-order chi connectivity index (χ0) is 13.6. The summed E-state index contributed by atoms with van der Waals surface area (Å²) in [5, 5.41) is 3.24. The van der Waals surface area contributed by atoms with Crippen molar-refractivity contribution in [3.05, 3.63) is 0 Å².